The van der Waals surface area contributed by atoms with Crippen LogP contribution in [0.1, 0.15) is 61.5 Å². The van der Waals surface area contributed by atoms with Crippen molar-refractivity contribution in [2.24, 2.45) is 11.8 Å². The highest BCUT2D eigenvalue weighted by atomic mass is 16.7. The maximum Gasteiger partial charge on any atom is 0.252 e. The van der Waals surface area contributed by atoms with Crippen molar-refractivity contribution in [1.29, 1.82) is 0 Å². The zero-order valence-corrected chi connectivity index (χ0v) is 32.3. The summed E-state index contributed by atoms with van der Waals surface area (Å²) in [5.41, 5.74) is 1.70. The first-order valence-corrected chi connectivity index (χ1v) is 19.2. The van der Waals surface area contributed by atoms with E-state index in [0.29, 0.717) is 36.0 Å². The normalized spacial score (nSPS) is 22.1. The predicted octanol–water partition coefficient (Wildman–Crippen LogP) is 3.16. The van der Waals surface area contributed by atoms with Crippen LogP contribution in [0, 0.1) is 11.8 Å². The van der Waals surface area contributed by atoms with Gasteiger partial charge in [0.15, 0.2) is 11.5 Å². The maximum atomic E-state index is 14.3. The first-order valence-electron chi connectivity index (χ1n) is 19.2. The summed E-state index contributed by atoms with van der Waals surface area (Å²) in [4.78, 5) is 70.9. The maximum absolute atomic E-state index is 14.3. The van der Waals surface area contributed by atoms with Gasteiger partial charge in [0.25, 0.3) is 5.91 Å². The van der Waals surface area contributed by atoms with Crippen molar-refractivity contribution in [3.05, 3.63) is 83.4 Å². The third-order valence-corrected chi connectivity index (χ3v) is 9.97. The lowest BCUT2D eigenvalue weighted by Gasteiger charge is -2.29. The van der Waals surface area contributed by atoms with Crippen LogP contribution in [0.3, 0.4) is 0 Å². The fraction of sp³-hybridized carbons (Fsp3) is 0.452. The Bertz CT molecular complexity index is 1880. The molecule has 0 saturated heterocycles. The molecule has 1 aliphatic carbocycles. The zero-order chi connectivity index (χ0) is 39.8. The van der Waals surface area contributed by atoms with Gasteiger partial charge < -0.3 is 45.1 Å². The van der Waals surface area contributed by atoms with E-state index in [1.54, 1.807) is 80.8 Å². The van der Waals surface area contributed by atoms with Crippen LogP contribution in [0.25, 0.3) is 0 Å². The number of methoxy groups -OCH3 is 1. The molecule has 14 heteroatoms. The van der Waals surface area contributed by atoms with Crippen molar-refractivity contribution in [2.45, 2.75) is 77.0 Å². The molecule has 56 heavy (non-hydrogen) atoms. The minimum absolute atomic E-state index is 0.0403. The third-order valence-electron chi connectivity index (χ3n) is 9.97. The van der Waals surface area contributed by atoms with E-state index in [1.165, 1.54) is 4.90 Å². The summed E-state index contributed by atoms with van der Waals surface area (Å²) < 4.78 is 22.3. The molecule has 3 aromatic rings. The Hall–Kier alpha value is -5.79. The smallest absolute Gasteiger partial charge is 0.252 e. The molecule has 14 nitrogen and oxygen atoms in total. The van der Waals surface area contributed by atoms with Gasteiger partial charge in [0.1, 0.15) is 36.2 Å². The number of carbonyl (C=O) groups is 5. The summed E-state index contributed by atoms with van der Waals surface area (Å²) in [5, 5.41) is 11.6. The average molecular weight is 770 g/mol. The summed E-state index contributed by atoms with van der Waals surface area (Å²) in [6, 6.07) is 15.4. The Kier molecular flexibility index (Phi) is 13.0. The van der Waals surface area contributed by atoms with Crippen LogP contribution in [0.15, 0.2) is 66.7 Å². The lowest BCUT2D eigenvalue weighted by molar-refractivity contribution is -0.140. The van der Waals surface area contributed by atoms with Crippen LogP contribution in [-0.2, 0) is 32.0 Å². The number of rotatable bonds is 9. The van der Waals surface area contributed by atoms with Gasteiger partial charge in [0, 0.05) is 24.9 Å². The summed E-state index contributed by atoms with van der Waals surface area (Å²) in [6.07, 6.45) is 2.72. The Morgan fingerprint density at radius 1 is 0.893 bits per heavy atom. The minimum Gasteiger partial charge on any atom is -0.497 e. The third kappa shape index (κ3) is 10.9. The van der Waals surface area contributed by atoms with Crippen molar-refractivity contribution >= 4 is 29.5 Å². The second-order valence-corrected chi connectivity index (χ2v) is 15.2. The molecule has 4 N–H and O–H groups in total. The van der Waals surface area contributed by atoms with Crippen molar-refractivity contribution in [1.82, 2.24) is 26.2 Å². The van der Waals surface area contributed by atoms with E-state index in [4.69, 9.17) is 18.9 Å². The first-order chi connectivity index (χ1) is 26.9. The topological polar surface area (TPSA) is 174 Å². The molecule has 0 unspecified atom stereocenters. The summed E-state index contributed by atoms with van der Waals surface area (Å²) in [5.74, 6) is 0.208. The van der Waals surface area contributed by atoms with Crippen LogP contribution in [0.5, 0.6) is 23.0 Å². The van der Waals surface area contributed by atoms with Gasteiger partial charge in [-0.25, -0.2) is 0 Å². The summed E-state index contributed by atoms with van der Waals surface area (Å²) in [7, 11) is 1.55. The predicted molar refractivity (Wildman–Crippen MR) is 206 cm³/mol. The van der Waals surface area contributed by atoms with Gasteiger partial charge >= 0.3 is 0 Å². The van der Waals surface area contributed by atoms with Crippen LogP contribution < -0.4 is 40.2 Å². The molecule has 4 atom stereocenters. The number of amides is 5. The van der Waals surface area contributed by atoms with Gasteiger partial charge in [-0.3, -0.25) is 24.0 Å². The van der Waals surface area contributed by atoms with E-state index >= 15 is 0 Å². The van der Waals surface area contributed by atoms with Crippen molar-refractivity contribution < 1.29 is 42.9 Å². The zero-order valence-electron chi connectivity index (χ0n) is 32.3. The Morgan fingerprint density at radius 3 is 2.32 bits per heavy atom. The molecule has 2 bridgehead atoms. The molecule has 4 aliphatic rings. The highest BCUT2D eigenvalue weighted by Crippen LogP contribution is 2.33. The molecule has 0 spiro atoms. The Morgan fingerprint density at radius 2 is 1.62 bits per heavy atom. The van der Waals surface area contributed by atoms with E-state index in [-0.39, 0.29) is 62.1 Å². The number of hydrogen-bond donors (Lipinski definition) is 4. The van der Waals surface area contributed by atoms with Crippen LogP contribution in [-0.4, -0.2) is 92.2 Å². The molecule has 3 heterocycles. The van der Waals surface area contributed by atoms with Gasteiger partial charge in [0.05, 0.1) is 19.7 Å². The molecular weight excluding hydrogens is 718 g/mol. The molecule has 0 radical (unpaired) electrons. The molecule has 0 aromatic heterocycles. The Balaban J connectivity index is 1.31. The largest absolute Gasteiger partial charge is 0.497 e. The lowest BCUT2D eigenvalue weighted by Crippen LogP contribution is -2.58. The lowest BCUT2D eigenvalue weighted by atomic mass is 10.0. The second-order valence-electron chi connectivity index (χ2n) is 15.2. The van der Waals surface area contributed by atoms with E-state index in [9.17, 15) is 24.0 Å². The first kappa shape index (κ1) is 39.9. The number of hydrogen-bond acceptors (Lipinski definition) is 9. The number of ether oxygens (including phenoxy) is 4. The fourth-order valence-corrected chi connectivity index (χ4v) is 6.80. The minimum atomic E-state index is -1.14. The monoisotopic (exact) mass is 769 g/mol. The van der Waals surface area contributed by atoms with Crippen LogP contribution in [0.2, 0.25) is 0 Å². The van der Waals surface area contributed by atoms with Crippen LogP contribution >= 0.6 is 0 Å². The molecule has 7 rings (SSSR count). The van der Waals surface area contributed by atoms with Crippen molar-refractivity contribution in [3.63, 3.8) is 0 Å². The number of benzene rings is 3. The van der Waals surface area contributed by atoms with E-state index in [0.717, 1.165) is 24.0 Å². The van der Waals surface area contributed by atoms with Gasteiger partial charge in [-0.2, -0.15) is 0 Å². The summed E-state index contributed by atoms with van der Waals surface area (Å²) in [6.45, 7) is 6.16. The van der Waals surface area contributed by atoms with Gasteiger partial charge in [0.2, 0.25) is 30.4 Å². The average Bonchev–Trinajstić information content (AvgIpc) is 3.87. The molecule has 1 fully saturated rings. The van der Waals surface area contributed by atoms with Gasteiger partial charge in [-0.1, -0.05) is 38.1 Å². The number of fused-ring (bicyclic) bond motifs is 18. The second kappa shape index (κ2) is 18.2. The molecule has 1 saturated carbocycles. The van der Waals surface area contributed by atoms with E-state index in [1.807, 2.05) is 0 Å². The molecule has 3 aromatic carbocycles. The SMILES string of the molecule is COc1ccc(C[C@@H]2NC(=O)[C@@H](NC(=O)c3ccc4c(c3)OCO4)Cc3ccc(cc3)OC[C@H](CC(C)C)NC(=O)CN(CC3CC3)C(=O)[C@@H](C)NC2=O)cc1. The number of nitrogens with zero attached hydrogens (tertiary/aromatic N) is 1. The number of nitrogens with one attached hydrogen (secondary N) is 4. The molecule has 5 amide bonds. The standard InChI is InChI=1S/C42H51N5O9/c1-25(2)17-31-23-54-33-14-9-28(10-15-33)19-35(45-39(49)30-11-16-36-37(20-30)56-24-55-36)41(51)46-34(18-27-7-12-32(53-4)13-8-27)40(50)43-26(3)42(52)47(21-29-5-6-29)22-38(48)44-31/h7-16,20,25-26,29,31,34-35H,5-6,17-19,21-24H2,1-4H3,(H,43,50)(H,44,48)(H,45,49)(H,46,51)/t26-,31+,34+,35+/m1/s1. The Labute approximate surface area is 327 Å². The molecule has 298 valence electrons. The fourth-order valence-electron chi connectivity index (χ4n) is 6.80. The van der Waals surface area contributed by atoms with E-state index in [2.05, 4.69) is 35.1 Å². The number of carbonyl (C=O) groups excluding carboxylic acids is 5. The highest BCUT2D eigenvalue weighted by Gasteiger charge is 2.34. The molecular formula is C42H51N5O9. The van der Waals surface area contributed by atoms with E-state index < -0.39 is 41.8 Å². The van der Waals surface area contributed by atoms with Gasteiger partial charge in [-0.05, 0) is 91.6 Å². The highest BCUT2D eigenvalue weighted by molar-refractivity contribution is 5.99. The quantitative estimate of drug-likeness (QED) is 0.239. The van der Waals surface area contributed by atoms with Crippen molar-refractivity contribution in [3.8, 4) is 23.0 Å². The van der Waals surface area contributed by atoms with Crippen LogP contribution in [0.4, 0.5) is 0 Å². The van der Waals surface area contributed by atoms with Gasteiger partial charge in [-0.15, -0.1) is 0 Å². The summed E-state index contributed by atoms with van der Waals surface area (Å²) >= 11 is 0. The molecule has 3 aliphatic heterocycles. The van der Waals surface area contributed by atoms with Crippen molar-refractivity contribution in [2.75, 3.05) is 33.6 Å².